The molecule has 1 unspecified atom stereocenters. The van der Waals surface area contributed by atoms with Crippen molar-refractivity contribution < 1.29 is 4.79 Å². The fraction of sp³-hybridized carbons (Fsp3) is 0.917. The van der Waals surface area contributed by atoms with Gasteiger partial charge in [-0.1, -0.05) is 13.3 Å². The molecule has 0 aliphatic heterocycles. The van der Waals surface area contributed by atoms with Crippen molar-refractivity contribution in [3.63, 3.8) is 0 Å². The average molecular weight is 212 g/mol. The van der Waals surface area contributed by atoms with E-state index in [4.69, 9.17) is 0 Å². The number of hydrogen-bond acceptors (Lipinski definition) is 2. The van der Waals surface area contributed by atoms with Crippen LogP contribution in [0, 0.1) is 0 Å². The summed E-state index contributed by atoms with van der Waals surface area (Å²) in [6.07, 6.45) is 4.69. The maximum atomic E-state index is 11.8. The molecule has 1 aliphatic carbocycles. The third kappa shape index (κ3) is 3.82. The Bertz CT molecular complexity index is 222. The topological polar surface area (TPSA) is 41.1 Å². The van der Waals surface area contributed by atoms with E-state index in [2.05, 4.69) is 31.4 Å². The summed E-state index contributed by atoms with van der Waals surface area (Å²) in [5.74, 6) is 0.119. The first-order valence-corrected chi connectivity index (χ1v) is 6.02. The van der Waals surface area contributed by atoms with E-state index in [-0.39, 0.29) is 17.5 Å². The molecule has 0 aromatic carbocycles. The Balaban J connectivity index is 2.31. The molecule has 0 spiro atoms. The molecule has 0 radical (unpaired) electrons. The third-order valence-corrected chi connectivity index (χ3v) is 3.33. The highest BCUT2D eigenvalue weighted by Crippen LogP contribution is 2.18. The predicted molar refractivity (Wildman–Crippen MR) is 62.7 cm³/mol. The molecular weight excluding hydrogens is 188 g/mol. The number of amides is 1. The molecule has 0 saturated heterocycles. The van der Waals surface area contributed by atoms with Crippen molar-refractivity contribution in [2.45, 2.75) is 71.0 Å². The van der Waals surface area contributed by atoms with Gasteiger partial charge in [-0.2, -0.15) is 0 Å². The minimum absolute atomic E-state index is 0.0684. The van der Waals surface area contributed by atoms with Gasteiger partial charge >= 0.3 is 0 Å². The SMILES string of the molecule is CCC(C)(C)NC(=O)C(C)NC1CCC1. The van der Waals surface area contributed by atoms with Crippen molar-refractivity contribution >= 4 is 5.91 Å². The van der Waals surface area contributed by atoms with Crippen LogP contribution in [0.3, 0.4) is 0 Å². The van der Waals surface area contributed by atoms with Gasteiger partial charge in [0.15, 0.2) is 0 Å². The second-order valence-corrected chi connectivity index (χ2v) is 5.24. The fourth-order valence-electron chi connectivity index (χ4n) is 1.53. The monoisotopic (exact) mass is 212 g/mol. The van der Waals surface area contributed by atoms with Gasteiger partial charge in [0, 0.05) is 11.6 Å². The summed E-state index contributed by atoms with van der Waals surface area (Å²) in [5, 5.41) is 6.41. The summed E-state index contributed by atoms with van der Waals surface area (Å²) in [6.45, 7) is 8.14. The summed E-state index contributed by atoms with van der Waals surface area (Å²) < 4.78 is 0. The van der Waals surface area contributed by atoms with E-state index in [9.17, 15) is 4.79 Å². The van der Waals surface area contributed by atoms with Gasteiger partial charge in [0.2, 0.25) is 5.91 Å². The zero-order valence-electron chi connectivity index (χ0n) is 10.4. The van der Waals surface area contributed by atoms with Crippen LogP contribution in [0.15, 0.2) is 0 Å². The molecule has 1 fully saturated rings. The van der Waals surface area contributed by atoms with Crippen LogP contribution in [-0.2, 0) is 4.79 Å². The lowest BCUT2D eigenvalue weighted by Gasteiger charge is -2.32. The number of nitrogens with one attached hydrogen (secondary N) is 2. The molecule has 0 aromatic heterocycles. The quantitative estimate of drug-likeness (QED) is 0.730. The van der Waals surface area contributed by atoms with Crippen LogP contribution in [0.4, 0.5) is 0 Å². The summed E-state index contributed by atoms with van der Waals surface area (Å²) in [6, 6.07) is 0.497. The van der Waals surface area contributed by atoms with Gasteiger partial charge in [-0.15, -0.1) is 0 Å². The Morgan fingerprint density at radius 3 is 2.47 bits per heavy atom. The largest absolute Gasteiger partial charge is 0.350 e. The second kappa shape index (κ2) is 4.97. The van der Waals surface area contributed by atoms with E-state index in [1.807, 2.05) is 6.92 Å². The Morgan fingerprint density at radius 2 is 2.07 bits per heavy atom. The van der Waals surface area contributed by atoms with Crippen LogP contribution in [0.25, 0.3) is 0 Å². The molecule has 15 heavy (non-hydrogen) atoms. The zero-order chi connectivity index (χ0) is 11.5. The standard InChI is InChI=1S/C12H24N2O/c1-5-12(3,4)14-11(15)9(2)13-10-7-6-8-10/h9-10,13H,5-8H2,1-4H3,(H,14,15). The van der Waals surface area contributed by atoms with Crippen molar-refractivity contribution in [3.05, 3.63) is 0 Å². The maximum Gasteiger partial charge on any atom is 0.237 e. The number of rotatable bonds is 5. The van der Waals surface area contributed by atoms with Gasteiger partial charge in [-0.05, 0) is 40.0 Å². The summed E-state index contributed by atoms with van der Waals surface area (Å²) in [4.78, 5) is 11.8. The van der Waals surface area contributed by atoms with Gasteiger partial charge in [0.25, 0.3) is 0 Å². The lowest BCUT2D eigenvalue weighted by Crippen LogP contribution is -2.53. The van der Waals surface area contributed by atoms with Crippen molar-refractivity contribution in [1.82, 2.24) is 10.6 Å². The molecular formula is C12H24N2O. The molecule has 1 saturated carbocycles. The maximum absolute atomic E-state index is 11.8. The molecule has 0 heterocycles. The van der Waals surface area contributed by atoms with Gasteiger partial charge in [-0.3, -0.25) is 4.79 Å². The second-order valence-electron chi connectivity index (χ2n) is 5.24. The first-order chi connectivity index (χ1) is 6.94. The number of hydrogen-bond donors (Lipinski definition) is 2. The van der Waals surface area contributed by atoms with Crippen LogP contribution >= 0.6 is 0 Å². The molecule has 1 aliphatic rings. The zero-order valence-corrected chi connectivity index (χ0v) is 10.4. The van der Waals surface area contributed by atoms with Crippen LogP contribution in [0.5, 0.6) is 0 Å². The first-order valence-electron chi connectivity index (χ1n) is 6.02. The molecule has 1 atom stereocenters. The lowest BCUT2D eigenvalue weighted by atomic mass is 9.92. The van der Waals surface area contributed by atoms with Gasteiger partial charge in [0.05, 0.1) is 6.04 Å². The summed E-state index contributed by atoms with van der Waals surface area (Å²) >= 11 is 0. The molecule has 88 valence electrons. The molecule has 0 bridgehead atoms. The third-order valence-electron chi connectivity index (χ3n) is 3.33. The Labute approximate surface area is 93.0 Å². The lowest BCUT2D eigenvalue weighted by molar-refractivity contribution is -0.124. The molecule has 3 heteroatoms. The van der Waals surface area contributed by atoms with Gasteiger partial charge in [0.1, 0.15) is 0 Å². The highest BCUT2D eigenvalue weighted by molar-refractivity contribution is 5.82. The number of carbonyl (C=O) groups excluding carboxylic acids is 1. The minimum Gasteiger partial charge on any atom is -0.350 e. The van der Waals surface area contributed by atoms with Gasteiger partial charge in [-0.25, -0.2) is 0 Å². The Kier molecular flexibility index (Phi) is 4.14. The smallest absolute Gasteiger partial charge is 0.237 e. The van der Waals surface area contributed by atoms with Crippen molar-refractivity contribution in [3.8, 4) is 0 Å². The van der Waals surface area contributed by atoms with E-state index >= 15 is 0 Å². The Morgan fingerprint density at radius 1 is 1.47 bits per heavy atom. The molecule has 2 N–H and O–H groups in total. The van der Waals surface area contributed by atoms with Crippen molar-refractivity contribution in [2.75, 3.05) is 0 Å². The summed E-state index contributed by atoms with van der Waals surface area (Å²) in [7, 11) is 0. The molecule has 0 aromatic rings. The van der Waals surface area contributed by atoms with E-state index in [1.165, 1.54) is 19.3 Å². The molecule has 1 amide bonds. The first kappa shape index (κ1) is 12.5. The molecule has 1 rings (SSSR count). The number of carbonyl (C=O) groups is 1. The normalized spacial score (nSPS) is 19.5. The van der Waals surface area contributed by atoms with E-state index in [0.29, 0.717) is 6.04 Å². The Hall–Kier alpha value is -0.570. The minimum atomic E-state index is -0.0906. The van der Waals surface area contributed by atoms with Crippen LogP contribution in [0.2, 0.25) is 0 Å². The van der Waals surface area contributed by atoms with Crippen LogP contribution in [0.1, 0.15) is 53.4 Å². The van der Waals surface area contributed by atoms with E-state index < -0.39 is 0 Å². The van der Waals surface area contributed by atoms with Gasteiger partial charge < -0.3 is 10.6 Å². The molecule has 3 nitrogen and oxygen atoms in total. The highest BCUT2D eigenvalue weighted by atomic mass is 16.2. The predicted octanol–water partition coefficient (Wildman–Crippen LogP) is 1.82. The fourth-order valence-corrected chi connectivity index (χ4v) is 1.53. The summed E-state index contributed by atoms with van der Waals surface area (Å²) in [5.41, 5.74) is -0.0906. The van der Waals surface area contributed by atoms with Crippen LogP contribution < -0.4 is 10.6 Å². The van der Waals surface area contributed by atoms with E-state index in [1.54, 1.807) is 0 Å². The average Bonchev–Trinajstić information content (AvgIpc) is 2.10. The van der Waals surface area contributed by atoms with Crippen molar-refractivity contribution in [1.29, 1.82) is 0 Å². The van der Waals surface area contributed by atoms with Crippen molar-refractivity contribution in [2.24, 2.45) is 0 Å². The highest BCUT2D eigenvalue weighted by Gasteiger charge is 2.25. The van der Waals surface area contributed by atoms with E-state index in [0.717, 1.165) is 6.42 Å². The van der Waals surface area contributed by atoms with Crippen LogP contribution in [-0.4, -0.2) is 23.5 Å².